The molecule has 1 fully saturated rings. The molecule has 0 radical (unpaired) electrons. The van der Waals surface area contributed by atoms with E-state index in [-0.39, 0.29) is 13.2 Å². The van der Waals surface area contributed by atoms with Gasteiger partial charge in [0.1, 0.15) is 18.6 Å². The number of carbonyl (C=O) groups excluding carboxylic acids is 3. The van der Waals surface area contributed by atoms with Crippen LogP contribution in [0.25, 0.3) is 0 Å². The molecule has 3 amide bonds. The van der Waals surface area contributed by atoms with E-state index in [1.54, 1.807) is 6.92 Å². The van der Waals surface area contributed by atoms with Crippen LogP contribution in [-0.2, 0) is 19.1 Å². The van der Waals surface area contributed by atoms with Gasteiger partial charge in [-0.3, -0.25) is 9.59 Å². The Balaban J connectivity index is 2.67. The molecule has 1 heterocycles. The van der Waals surface area contributed by atoms with Crippen molar-refractivity contribution in [1.29, 1.82) is 0 Å². The van der Waals surface area contributed by atoms with Crippen LogP contribution in [0.3, 0.4) is 0 Å². The number of esters is 1. The van der Waals surface area contributed by atoms with Crippen molar-refractivity contribution in [3.8, 4) is 0 Å². The lowest BCUT2D eigenvalue weighted by atomic mass is 10.1. The number of nitrogens with zero attached hydrogens (tertiary/aromatic N) is 1. The molecular weight excluding hydrogens is 378 g/mol. The highest BCUT2D eigenvalue weighted by molar-refractivity contribution is 5.92. The first-order chi connectivity index (χ1) is 13.9. The van der Waals surface area contributed by atoms with Crippen molar-refractivity contribution in [3.63, 3.8) is 0 Å². The smallest absolute Gasteiger partial charge is 0.405 e. The summed E-state index contributed by atoms with van der Waals surface area (Å²) in [5.41, 5.74) is 0. The van der Waals surface area contributed by atoms with Gasteiger partial charge in [-0.15, -0.1) is 0 Å². The Hall–Kier alpha value is -2.58. The molecule has 9 heteroatoms. The van der Waals surface area contributed by atoms with Gasteiger partial charge in [0.15, 0.2) is 0 Å². The standard InChI is InChI=1S/C20H33N3O6/c1-3-5-6-7-8-9-11-15(19(26)29-4-2)22-18(25)16-12-10-13-23(16)17(24)14-21-20(27)28/h8-9,15-16,21H,3-7,10-14H2,1-2H3,(H,22,25)(H,27,28)/b9-8-/t15?,16-/m0/s1. The first-order valence-corrected chi connectivity index (χ1v) is 10.3. The minimum Gasteiger partial charge on any atom is -0.465 e. The van der Waals surface area contributed by atoms with Gasteiger partial charge >= 0.3 is 12.1 Å². The molecule has 0 spiro atoms. The Morgan fingerprint density at radius 1 is 1.21 bits per heavy atom. The zero-order valence-electron chi connectivity index (χ0n) is 17.3. The number of allylic oxidation sites excluding steroid dienone is 1. The number of hydrogen-bond donors (Lipinski definition) is 3. The summed E-state index contributed by atoms with van der Waals surface area (Å²) in [6.07, 6.45) is 8.25. The number of ether oxygens (including phenoxy) is 1. The van der Waals surface area contributed by atoms with Crippen LogP contribution in [-0.4, -0.2) is 65.7 Å². The number of likely N-dealkylation sites (tertiary alicyclic amines) is 1. The molecule has 2 atom stereocenters. The zero-order valence-corrected chi connectivity index (χ0v) is 17.3. The van der Waals surface area contributed by atoms with E-state index in [4.69, 9.17) is 9.84 Å². The monoisotopic (exact) mass is 411 g/mol. The molecule has 0 aliphatic carbocycles. The maximum Gasteiger partial charge on any atom is 0.405 e. The fourth-order valence-electron chi connectivity index (χ4n) is 3.18. The Kier molecular flexibility index (Phi) is 11.4. The molecule has 164 valence electrons. The van der Waals surface area contributed by atoms with Gasteiger partial charge in [0.25, 0.3) is 0 Å². The van der Waals surface area contributed by atoms with Gasteiger partial charge in [0.2, 0.25) is 11.8 Å². The zero-order chi connectivity index (χ0) is 21.6. The maximum atomic E-state index is 12.7. The molecule has 1 aliphatic rings. The van der Waals surface area contributed by atoms with E-state index >= 15 is 0 Å². The second-order valence-electron chi connectivity index (χ2n) is 6.92. The van der Waals surface area contributed by atoms with Gasteiger partial charge in [-0.2, -0.15) is 0 Å². The normalized spacial score (nSPS) is 17.2. The summed E-state index contributed by atoms with van der Waals surface area (Å²) < 4.78 is 5.06. The average Bonchev–Trinajstić information content (AvgIpc) is 3.18. The lowest BCUT2D eigenvalue weighted by molar-refractivity contribution is -0.148. The van der Waals surface area contributed by atoms with Gasteiger partial charge in [-0.1, -0.05) is 31.9 Å². The lowest BCUT2D eigenvalue weighted by Gasteiger charge is -2.25. The topological polar surface area (TPSA) is 125 Å². The number of carboxylic acid groups (broad SMARTS) is 1. The molecule has 0 saturated carbocycles. The molecule has 0 bridgehead atoms. The molecule has 29 heavy (non-hydrogen) atoms. The fourth-order valence-corrected chi connectivity index (χ4v) is 3.18. The highest BCUT2D eigenvalue weighted by Crippen LogP contribution is 2.18. The van der Waals surface area contributed by atoms with Crippen LogP contribution < -0.4 is 10.6 Å². The number of nitrogens with one attached hydrogen (secondary N) is 2. The van der Waals surface area contributed by atoms with Gasteiger partial charge in [0.05, 0.1) is 6.61 Å². The molecule has 1 saturated heterocycles. The summed E-state index contributed by atoms with van der Waals surface area (Å²) in [5.74, 6) is -1.40. The van der Waals surface area contributed by atoms with E-state index in [0.717, 1.165) is 25.7 Å². The third-order valence-corrected chi connectivity index (χ3v) is 4.67. The molecule has 0 aromatic carbocycles. The summed E-state index contributed by atoms with van der Waals surface area (Å²) in [5, 5.41) is 13.4. The lowest BCUT2D eigenvalue weighted by Crippen LogP contribution is -2.52. The van der Waals surface area contributed by atoms with Crippen molar-refractivity contribution in [2.75, 3.05) is 19.7 Å². The summed E-state index contributed by atoms with van der Waals surface area (Å²) in [6.45, 7) is 4.02. The van der Waals surface area contributed by atoms with Crippen LogP contribution in [0.15, 0.2) is 12.2 Å². The highest BCUT2D eigenvalue weighted by Gasteiger charge is 2.35. The van der Waals surface area contributed by atoms with E-state index < -0.39 is 36.0 Å². The first kappa shape index (κ1) is 24.5. The van der Waals surface area contributed by atoms with Crippen molar-refractivity contribution in [2.24, 2.45) is 0 Å². The van der Waals surface area contributed by atoms with Gasteiger partial charge in [-0.25, -0.2) is 9.59 Å². The van der Waals surface area contributed by atoms with Crippen molar-refractivity contribution >= 4 is 23.9 Å². The fraction of sp³-hybridized carbons (Fsp3) is 0.700. The Labute approximate surface area is 171 Å². The predicted octanol–water partition coefficient (Wildman–Crippen LogP) is 1.82. The van der Waals surface area contributed by atoms with E-state index in [1.165, 1.54) is 4.90 Å². The number of unbranched alkanes of at least 4 members (excludes halogenated alkanes) is 3. The Bertz CT molecular complexity index is 593. The van der Waals surface area contributed by atoms with Crippen LogP contribution in [0.1, 0.15) is 58.8 Å². The quantitative estimate of drug-likeness (QED) is 0.256. The number of rotatable bonds is 12. The third-order valence-electron chi connectivity index (χ3n) is 4.67. The Morgan fingerprint density at radius 3 is 2.62 bits per heavy atom. The first-order valence-electron chi connectivity index (χ1n) is 10.3. The molecule has 0 aromatic rings. The molecule has 9 nitrogen and oxygen atoms in total. The van der Waals surface area contributed by atoms with Crippen LogP contribution in [0.5, 0.6) is 0 Å². The van der Waals surface area contributed by atoms with Crippen molar-refractivity contribution in [3.05, 3.63) is 12.2 Å². The van der Waals surface area contributed by atoms with E-state index in [2.05, 4.69) is 12.2 Å². The summed E-state index contributed by atoms with van der Waals surface area (Å²) in [6, 6.07) is -1.54. The number of amides is 3. The van der Waals surface area contributed by atoms with Crippen LogP contribution >= 0.6 is 0 Å². The molecular formula is C20H33N3O6. The summed E-state index contributed by atoms with van der Waals surface area (Å²) in [7, 11) is 0. The van der Waals surface area contributed by atoms with Gasteiger partial charge < -0.3 is 25.4 Å². The second-order valence-corrected chi connectivity index (χ2v) is 6.92. The molecule has 3 N–H and O–H groups in total. The van der Waals surface area contributed by atoms with E-state index in [9.17, 15) is 19.2 Å². The average molecular weight is 411 g/mol. The number of hydrogen-bond acceptors (Lipinski definition) is 5. The maximum absolute atomic E-state index is 12.7. The van der Waals surface area contributed by atoms with Crippen molar-refractivity contribution in [2.45, 2.75) is 70.9 Å². The van der Waals surface area contributed by atoms with Crippen LogP contribution in [0, 0.1) is 0 Å². The molecule has 1 aliphatic heterocycles. The molecule has 1 unspecified atom stereocenters. The molecule has 1 rings (SSSR count). The van der Waals surface area contributed by atoms with Crippen LogP contribution in [0.2, 0.25) is 0 Å². The van der Waals surface area contributed by atoms with Crippen LogP contribution in [0.4, 0.5) is 4.79 Å². The summed E-state index contributed by atoms with van der Waals surface area (Å²) in [4.78, 5) is 49.1. The highest BCUT2D eigenvalue weighted by atomic mass is 16.5. The van der Waals surface area contributed by atoms with Crippen molar-refractivity contribution in [1.82, 2.24) is 15.5 Å². The largest absolute Gasteiger partial charge is 0.465 e. The summed E-state index contributed by atoms with van der Waals surface area (Å²) >= 11 is 0. The van der Waals surface area contributed by atoms with E-state index in [0.29, 0.717) is 25.8 Å². The van der Waals surface area contributed by atoms with Crippen molar-refractivity contribution < 1.29 is 29.0 Å². The molecule has 0 aromatic heterocycles. The van der Waals surface area contributed by atoms with Gasteiger partial charge in [-0.05, 0) is 39.0 Å². The Morgan fingerprint density at radius 2 is 1.97 bits per heavy atom. The van der Waals surface area contributed by atoms with Gasteiger partial charge in [0, 0.05) is 6.54 Å². The van der Waals surface area contributed by atoms with E-state index in [1.807, 2.05) is 17.5 Å². The minimum absolute atomic E-state index is 0.209. The number of carbonyl (C=O) groups is 4. The minimum atomic E-state index is -1.30. The second kappa shape index (κ2) is 13.6. The predicted molar refractivity (Wildman–Crippen MR) is 107 cm³/mol. The third kappa shape index (κ3) is 8.97. The SMILES string of the molecule is CCCCC/C=C\CC(NC(=O)[C@@H]1CCCN1C(=O)CNC(=O)O)C(=O)OCC.